The predicted molar refractivity (Wildman–Crippen MR) is 52.6 cm³/mol. The maximum atomic E-state index is 13.1. The monoisotopic (exact) mass is 286 g/mol. The van der Waals surface area contributed by atoms with E-state index in [-0.39, 0.29) is 0 Å². The summed E-state index contributed by atoms with van der Waals surface area (Å²) in [5.74, 6) is -3.13. The van der Waals surface area contributed by atoms with Crippen LogP contribution in [0.4, 0.5) is 17.6 Å². The van der Waals surface area contributed by atoms with E-state index in [0.717, 1.165) is 6.07 Å². The molecule has 0 bridgehead atoms. The highest BCUT2D eigenvalue weighted by Gasteiger charge is 2.39. The van der Waals surface area contributed by atoms with Crippen LogP contribution in [0.3, 0.4) is 0 Å². The minimum Gasteiger partial charge on any atom is -0.324 e. The Morgan fingerprint density at radius 1 is 1.28 bits per heavy atom. The van der Waals surface area contributed by atoms with Gasteiger partial charge in [-0.1, -0.05) is 12.1 Å². The van der Waals surface area contributed by atoms with Gasteiger partial charge in [0.2, 0.25) is 0 Å². The number of carbonyl (C=O) groups excluding carboxylic acids is 1. The summed E-state index contributed by atoms with van der Waals surface area (Å²) in [7, 11) is -4.81. The molecule has 0 amide bonds. The van der Waals surface area contributed by atoms with Crippen LogP contribution in [0.2, 0.25) is 0 Å². The van der Waals surface area contributed by atoms with E-state index in [4.69, 9.17) is 9.79 Å². The van der Waals surface area contributed by atoms with Gasteiger partial charge >= 0.3 is 13.8 Å². The van der Waals surface area contributed by atoms with E-state index in [1.54, 1.807) is 0 Å². The number of halogens is 4. The summed E-state index contributed by atoms with van der Waals surface area (Å²) in [5.41, 5.74) is -2.91. The molecule has 100 valence electrons. The first-order valence-corrected chi connectivity index (χ1v) is 6.25. The molecule has 0 fully saturated rings. The minimum absolute atomic E-state index is 0.511. The zero-order valence-electron chi connectivity index (χ0n) is 8.61. The Bertz CT molecular complexity index is 520. The third-order valence-electron chi connectivity index (χ3n) is 1.95. The Labute approximate surface area is 98.4 Å². The van der Waals surface area contributed by atoms with Crippen molar-refractivity contribution in [2.75, 3.05) is 6.16 Å². The van der Waals surface area contributed by atoms with Crippen molar-refractivity contribution in [3.63, 3.8) is 0 Å². The third-order valence-corrected chi connectivity index (χ3v) is 2.65. The van der Waals surface area contributed by atoms with E-state index in [1.807, 2.05) is 0 Å². The standard InChI is InChI=1S/C9H7F4O4P/c10-6-3-1-2-5(8(6)9(11,12)13)7(14)4-18(15,16)17/h1-3H,4H2,(H2,15,16,17). The average Bonchev–Trinajstić information content (AvgIpc) is 2.12. The van der Waals surface area contributed by atoms with Gasteiger partial charge in [0.1, 0.15) is 17.5 Å². The highest BCUT2D eigenvalue weighted by Crippen LogP contribution is 2.38. The molecule has 1 aromatic carbocycles. The fourth-order valence-corrected chi connectivity index (χ4v) is 1.86. The zero-order valence-corrected chi connectivity index (χ0v) is 9.50. The van der Waals surface area contributed by atoms with Gasteiger partial charge in [0.15, 0.2) is 5.78 Å². The lowest BCUT2D eigenvalue weighted by Gasteiger charge is -2.13. The Morgan fingerprint density at radius 2 is 1.83 bits per heavy atom. The van der Waals surface area contributed by atoms with Crippen LogP contribution >= 0.6 is 7.60 Å². The van der Waals surface area contributed by atoms with Gasteiger partial charge in [0, 0.05) is 5.56 Å². The smallest absolute Gasteiger partial charge is 0.324 e. The summed E-state index contributed by atoms with van der Waals surface area (Å²) in [6.07, 6.45) is -6.52. The molecule has 0 aliphatic heterocycles. The van der Waals surface area contributed by atoms with Gasteiger partial charge in [-0.2, -0.15) is 13.2 Å². The molecule has 0 aliphatic carbocycles. The second-order valence-electron chi connectivity index (χ2n) is 3.41. The molecule has 0 aromatic heterocycles. The molecule has 0 saturated carbocycles. The lowest BCUT2D eigenvalue weighted by Crippen LogP contribution is -2.17. The van der Waals surface area contributed by atoms with E-state index in [9.17, 15) is 26.9 Å². The van der Waals surface area contributed by atoms with Crippen molar-refractivity contribution in [3.8, 4) is 0 Å². The Morgan fingerprint density at radius 3 is 2.28 bits per heavy atom. The number of rotatable bonds is 3. The zero-order chi connectivity index (χ0) is 14.1. The fourth-order valence-electron chi connectivity index (χ4n) is 1.32. The molecule has 0 heterocycles. The average molecular weight is 286 g/mol. The Hall–Kier alpha value is -1.24. The van der Waals surface area contributed by atoms with Gasteiger partial charge in [-0.3, -0.25) is 9.36 Å². The first-order valence-electron chi connectivity index (χ1n) is 4.46. The molecule has 1 rings (SSSR count). The first kappa shape index (κ1) is 14.8. The van der Waals surface area contributed by atoms with Crippen molar-refractivity contribution in [2.45, 2.75) is 6.18 Å². The van der Waals surface area contributed by atoms with Gasteiger partial charge in [-0.15, -0.1) is 0 Å². The molecule has 0 unspecified atom stereocenters. The largest absolute Gasteiger partial charge is 0.419 e. The van der Waals surface area contributed by atoms with Gasteiger partial charge in [-0.25, -0.2) is 4.39 Å². The molecule has 0 saturated heterocycles. The lowest BCUT2D eigenvalue weighted by molar-refractivity contribution is -0.140. The number of benzene rings is 1. The quantitative estimate of drug-likeness (QED) is 0.507. The molecule has 0 spiro atoms. The van der Waals surface area contributed by atoms with Crippen molar-refractivity contribution < 1.29 is 36.7 Å². The number of alkyl halides is 3. The van der Waals surface area contributed by atoms with Crippen molar-refractivity contribution in [3.05, 3.63) is 35.1 Å². The second kappa shape index (κ2) is 4.79. The molecule has 2 N–H and O–H groups in total. The number of hydrogen-bond donors (Lipinski definition) is 2. The van der Waals surface area contributed by atoms with Crippen LogP contribution in [0.5, 0.6) is 0 Å². The maximum absolute atomic E-state index is 13.1. The van der Waals surface area contributed by atoms with Crippen molar-refractivity contribution >= 4 is 13.4 Å². The summed E-state index contributed by atoms with van der Waals surface area (Å²) in [6.45, 7) is 0. The van der Waals surface area contributed by atoms with E-state index in [1.165, 1.54) is 0 Å². The summed E-state index contributed by atoms with van der Waals surface area (Å²) < 4.78 is 61.2. The lowest BCUT2D eigenvalue weighted by atomic mass is 10.0. The fraction of sp³-hybridized carbons (Fsp3) is 0.222. The Kier molecular flexibility index (Phi) is 3.95. The number of Topliss-reactive ketones (excluding diaryl/α,β-unsaturated/α-hetero) is 1. The predicted octanol–water partition coefficient (Wildman–Crippen LogP) is 2.20. The van der Waals surface area contributed by atoms with Crippen LogP contribution in [-0.2, 0) is 10.7 Å². The molecule has 0 radical (unpaired) electrons. The van der Waals surface area contributed by atoms with Crippen molar-refractivity contribution in [1.82, 2.24) is 0 Å². The van der Waals surface area contributed by atoms with Gasteiger partial charge < -0.3 is 9.79 Å². The first-order chi connectivity index (χ1) is 8.02. The highest BCUT2D eigenvalue weighted by molar-refractivity contribution is 7.52. The molecular weight excluding hydrogens is 279 g/mol. The SMILES string of the molecule is O=C(CP(=O)(O)O)c1cccc(F)c1C(F)(F)F. The van der Waals surface area contributed by atoms with Crippen molar-refractivity contribution in [1.29, 1.82) is 0 Å². The topological polar surface area (TPSA) is 74.6 Å². The number of carbonyl (C=O) groups is 1. The van der Waals surface area contributed by atoms with Crippen LogP contribution in [0.1, 0.15) is 15.9 Å². The molecule has 9 heteroatoms. The van der Waals surface area contributed by atoms with E-state index < -0.39 is 42.7 Å². The summed E-state index contributed by atoms with van der Waals surface area (Å²) in [4.78, 5) is 28.4. The van der Waals surface area contributed by atoms with Crippen LogP contribution < -0.4 is 0 Å². The molecule has 1 aromatic rings. The van der Waals surface area contributed by atoms with E-state index in [0.29, 0.717) is 12.1 Å². The van der Waals surface area contributed by atoms with Gasteiger partial charge in [-0.05, 0) is 6.07 Å². The number of ketones is 1. The van der Waals surface area contributed by atoms with Crippen LogP contribution in [0, 0.1) is 5.82 Å². The maximum Gasteiger partial charge on any atom is 0.419 e. The second-order valence-corrected chi connectivity index (χ2v) is 5.05. The van der Waals surface area contributed by atoms with E-state index in [2.05, 4.69) is 0 Å². The van der Waals surface area contributed by atoms with Crippen LogP contribution in [0.15, 0.2) is 18.2 Å². The van der Waals surface area contributed by atoms with E-state index >= 15 is 0 Å². The molecular formula is C9H7F4O4P. The normalized spacial score (nSPS) is 12.6. The Balaban J connectivity index is 3.30. The summed E-state index contributed by atoms with van der Waals surface area (Å²) >= 11 is 0. The van der Waals surface area contributed by atoms with Gasteiger partial charge in [0.05, 0.1) is 0 Å². The third kappa shape index (κ3) is 3.63. The van der Waals surface area contributed by atoms with Crippen molar-refractivity contribution in [2.24, 2.45) is 0 Å². The molecule has 18 heavy (non-hydrogen) atoms. The molecule has 4 nitrogen and oxygen atoms in total. The summed E-state index contributed by atoms with van der Waals surface area (Å²) in [6, 6.07) is 2.04. The molecule has 0 atom stereocenters. The molecule has 0 aliphatic rings. The van der Waals surface area contributed by atoms with Gasteiger partial charge in [0.25, 0.3) is 0 Å². The van der Waals surface area contributed by atoms with Crippen LogP contribution in [0.25, 0.3) is 0 Å². The number of hydrogen-bond acceptors (Lipinski definition) is 2. The minimum atomic E-state index is -5.12. The highest BCUT2D eigenvalue weighted by atomic mass is 31.2. The summed E-state index contributed by atoms with van der Waals surface area (Å²) in [5, 5.41) is 0. The van der Waals surface area contributed by atoms with Crippen LogP contribution in [-0.4, -0.2) is 21.7 Å².